The Hall–Kier alpha value is -3.73. The first-order valence-electron chi connectivity index (χ1n) is 9.67. The van der Waals surface area contributed by atoms with Crippen LogP contribution in [-0.4, -0.2) is 32.1 Å². The van der Waals surface area contributed by atoms with Gasteiger partial charge in [-0.15, -0.1) is 0 Å². The molecule has 1 amide bonds. The number of carbonyl (C=O) groups excluding carboxylic acids is 1. The average Bonchev–Trinajstić information content (AvgIpc) is 3.33. The van der Waals surface area contributed by atoms with Crippen LogP contribution in [0.15, 0.2) is 91.5 Å². The van der Waals surface area contributed by atoms with E-state index in [2.05, 4.69) is 52.5 Å². The van der Waals surface area contributed by atoms with Crippen molar-refractivity contribution in [3.8, 4) is 5.69 Å². The fraction of sp³-hybridized carbons (Fsp3) is 0.125. The van der Waals surface area contributed by atoms with Crippen molar-refractivity contribution in [2.45, 2.75) is 12.5 Å². The van der Waals surface area contributed by atoms with E-state index in [1.165, 1.54) is 23.0 Å². The van der Waals surface area contributed by atoms with Crippen molar-refractivity contribution in [1.29, 1.82) is 0 Å². The third-order valence-corrected chi connectivity index (χ3v) is 5.48. The number of rotatable bonds is 3. The van der Waals surface area contributed by atoms with E-state index in [4.69, 9.17) is 0 Å². The van der Waals surface area contributed by atoms with E-state index >= 15 is 0 Å². The second-order valence-corrected chi connectivity index (χ2v) is 7.23. The van der Waals surface area contributed by atoms with Crippen LogP contribution < -0.4 is 0 Å². The van der Waals surface area contributed by atoms with Gasteiger partial charge in [0, 0.05) is 24.6 Å². The van der Waals surface area contributed by atoms with E-state index in [9.17, 15) is 4.79 Å². The van der Waals surface area contributed by atoms with Crippen molar-refractivity contribution >= 4 is 5.91 Å². The number of carbonyl (C=O) groups is 1. The number of benzene rings is 3. The van der Waals surface area contributed by atoms with Crippen molar-refractivity contribution in [3.05, 3.63) is 114 Å². The highest BCUT2D eigenvalue weighted by molar-refractivity contribution is 5.94. The normalized spacial score (nSPS) is 15.7. The van der Waals surface area contributed by atoms with E-state index in [0.29, 0.717) is 18.7 Å². The van der Waals surface area contributed by atoms with Crippen LogP contribution in [0.25, 0.3) is 5.69 Å². The third kappa shape index (κ3) is 3.31. The molecule has 1 aliphatic rings. The van der Waals surface area contributed by atoms with Crippen LogP contribution >= 0.6 is 0 Å². The lowest BCUT2D eigenvalue weighted by molar-refractivity contribution is 0.0725. The summed E-state index contributed by atoms with van der Waals surface area (Å²) < 4.78 is 1.68. The minimum atomic E-state index is 0.0468. The van der Waals surface area contributed by atoms with E-state index in [1.807, 2.05) is 41.3 Å². The van der Waals surface area contributed by atoms with E-state index in [-0.39, 0.29) is 11.8 Å². The Balaban J connectivity index is 1.44. The zero-order valence-electron chi connectivity index (χ0n) is 15.8. The molecule has 0 N–H and O–H groups in total. The molecule has 142 valence electrons. The molecule has 5 rings (SSSR count). The van der Waals surface area contributed by atoms with E-state index in [1.54, 1.807) is 11.0 Å². The Kier molecular flexibility index (Phi) is 4.41. The van der Waals surface area contributed by atoms with Gasteiger partial charge in [0.05, 0.1) is 5.69 Å². The summed E-state index contributed by atoms with van der Waals surface area (Å²) in [6.07, 6.45) is 3.14. The predicted octanol–water partition coefficient (Wildman–Crippen LogP) is 4.06. The first-order chi connectivity index (χ1) is 14.3. The van der Waals surface area contributed by atoms with Crippen LogP contribution in [0, 0.1) is 0 Å². The first-order valence-corrected chi connectivity index (χ1v) is 9.67. The van der Waals surface area contributed by atoms with Gasteiger partial charge in [-0.1, -0.05) is 54.6 Å². The Labute approximate surface area is 169 Å². The zero-order valence-corrected chi connectivity index (χ0v) is 15.8. The fourth-order valence-electron chi connectivity index (χ4n) is 4.01. The largest absolute Gasteiger partial charge is 0.333 e. The molecule has 1 aliphatic heterocycles. The summed E-state index contributed by atoms with van der Waals surface area (Å²) in [6, 6.07) is 26.4. The highest BCUT2D eigenvalue weighted by Crippen LogP contribution is 2.34. The highest BCUT2D eigenvalue weighted by Gasteiger charge is 2.29. The molecular weight excluding hydrogens is 360 g/mol. The number of hydrogen-bond acceptors (Lipinski definition) is 3. The maximum atomic E-state index is 13.3. The van der Waals surface area contributed by atoms with Crippen LogP contribution in [0.1, 0.15) is 33.0 Å². The maximum Gasteiger partial charge on any atom is 0.254 e. The van der Waals surface area contributed by atoms with Gasteiger partial charge in [-0.25, -0.2) is 9.67 Å². The van der Waals surface area contributed by atoms with E-state index < -0.39 is 0 Å². The summed E-state index contributed by atoms with van der Waals surface area (Å²) >= 11 is 0. The van der Waals surface area contributed by atoms with Gasteiger partial charge in [-0.05, 0) is 41.0 Å². The first kappa shape index (κ1) is 17.4. The van der Waals surface area contributed by atoms with Gasteiger partial charge in [0.2, 0.25) is 0 Å². The van der Waals surface area contributed by atoms with Gasteiger partial charge in [-0.2, -0.15) is 5.10 Å². The molecule has 0 radical (unpaired) electrons. The minimum absolute atomic E-state index is 0.0468. The topological polar surface area (TPSA) is 51.0 Å². The van der Waals surface area contributed by atoms with Crippen molar-refractivity contribution in [2.75, 3.05) is 6.54 Å². The highest BCUT2D eigenvalue weighted by atomic mass is 16.2. The molecule has 2 heterocycles. The molecule has 3 aromatic carbocycles. The van der Waals surface area contributed by atoms with Crippen LogP contribution in [0.4, 0.5) is 0 Å². The zero-order chi connectivity index (χ0) is 19.6. The summed E-state index contributed by atoms with van der Waals surface area (Å²) in [6.45, 7) is 1.30. The van der Waals surface area contributed by atoms with Crippen molar-refractivity contribution in [3.63, 3.8) is 0 Å². The Morgan fingerprint density at radius 1 is 0.897 bits per heavy atom. The molecule has 29 heavy (non-hydrogen) atoms. The van der Waals surface area contributed by atoms with Crippen molar-refractivity contribution in [2.24, 2.45) is 0 Å². The predicted molar refractivity (Wildman–Crippen MR) is 111 cm³/mol. The van der Waals surface area contributed by atoms with Gasteiger partial charge >= 0.3 is 0 Å². The van der Waals surface area contributed by atoms with E-state index in [0.717, 1.165) is 5.69 Å². The molecule has 5 heteroatoms. The van der Waals surface area contributed by atoms with Crippen molar-refractivity contribution in [1.82, 2.24) is 19.7 Å². The minimum Gasteiger partial charge on any atom is -0.333 e. The molecule has 5 nitrogen and oxygen atoms in total. The molecule has 1 atom stereocenters. The summed E-state index contributed by atoms with van der Waals surface area (Å²) in [4.78, 5) is 19.2. The van der Waals surface area contributed by atoms with Gasteiger partial charge in [0.15, 0.2) is 0 Å². The van der Waals surface area contributed by atoms with Gasteiger partial charge in [0.25, 0.3) is 5.91 Å². The molecule has 0 aliphatic carbocycles. The summed E-state index contributed by atoms with van der Waals surface area (Å²) in [5.41, 5.74) is 5.31. The summed E-state index contributed by atoms with van der Waals surface area (Å²) in [5, 5.41) is 4.13. The van der Waals surface area contributed by atoms with Crippen LogP contribution in [0.2, 0.25) is 0 Å². The lowest BCUT2D eigenvalue weighted by Gasteiger charge is -2.35. The summed E-state index contributed by atoms with van der Waals surface area (Å²) in [7, 11) is 0. The lowest BCUT2D eigenvalue weighted by Crippen LogP contribution is -2.38. The third-order valence-electron chi connectivity index (χ3n) is 5.48. The Bertz CT molecular complexity index is 1120. The lowest BCUT2D eigenvalue weighted by atomic mass is 9.84. The molecule has 0 saturated carbocycles. The second kappa shape index (κ2) is 7.36. The maximum absolute atomic E-state index is 13.3. The Morgan fingerprint density at radius 2 is 1.66 bits per heavy atom. The molecule has 1 aromatic heterocycles. The Morgan fingerprint density at radius 3 is 2.41 bits per heavy atom. The standard InChI is InChI=1S/C24H20N4O/c29-24(19-10-12-21(13-11-19)28-17-25-16-26-28)27-14-20-8-4-5-9-22(20)23(15-27)18-6-2-1-3-7-18/h1-13,16-17,23H,14-15H2. The molecule has 0 saturated heterocycles. The molecule has 0 spiro atoms. The van der Waals surface area contributed by atoms with Gasteiger partial charge in [0.1, 0.15) is 12.7 Å². The van der Waals surface area contributed by atoms with Crippen LogP contribution in [0.5, 0.6) is 0 Å². The molecule has 1 unspecified atom stereocenters. The number of amides is 1. The second-order valence-electron chi connectivity index (χ2n) is 7.23. The quantitative estimate of drug-likeness (QED) is 0.539. The average molecular weight is 380 g/mol. The van der Waals surface area contributed by atoms with Gasteiger partial charge in [-0.3, -0.25) is 4.79 Å². The molecule has 0 fully saturated rings. The summed E-state index contributed by atoms with van der Waals surface area (Å²) in [5.74, 6) is 0.227. The van der Waals surface area contributed by atoms with Crippen LogP contribution in [0.3, 0.4) is 0 Å². The number of fused-ring (bicyclic) bond motifs is 1. The number of aromatic nitrogens is 3. The smallest absolute Gasteiger partial charge is 0.254 e. The fourth-order valence-corrected chi connectivity index (χ4v) is 4.01. The molecular formula is C24H20N4O. The molecule has 4 aromatic rings. The van der Waals surface area contributed by atoms with Gasteiger partial charge < -0.3 is 4.90 Å². The molecule has 0 bridgehead atoms. The van der Waals surface area contributed by atoms with Crippen molar-refractivity contribution < 1.29 is 4.79 Å². The van der Waals surface area contributed by atoms with Crippen LogP contribution in [-0.2, 0) is 6.54 Å². The monoisotopic (exact) mass is 380 g/mol. The number of hydrogen-bond donors (Lipinski definition) is 0. The SMILES string of the molecule is O=C(c1ccc(-n2cncn2)cc1)N1Cc2ccccc2C(c2ccccc2)C1. The number of nitrogens with zero attached hydrogens (tertiary/aromatic N) is 4.